The molecule has 0 spiro atoms. The van der Waals surface area contributed by atoms with Crippen LogP contribution in [0.4, 0.5) is 0 Å². The first kappa shape index (κ1) is 13.7. The molecule has 0 aromatic rings. The number of carboxylic acid groups (broad SMARTS) is 1. The zero-order chi connectivity index (χ0) is 13.0. The Morgan fingerprint density at radius 1 is 1.76 bits per heavy atom. The fourth-order valence-electron chi connectivity index (χ4n) is 1.71. The number of nitrogens with zero attached hydrogens (tertiary/aromatic N) is 1. The fourth-order valence-corrected chi connectivity index (χ4v) is 1.87. The Morgan fingerprint density at radius 3 is 2.88 bits per heavy atom. The second-order valence-corrected chi connectivity index (χ2v) is 4.40. The molecule has 1 aliphatic rings. The largest absolute Gasteiger partial charge is 0.479 e. The normalized spacial score (nSPS) is 20.6. The Morgan fingerprint density at radius 2 is 2.41 bits per heavy atom. The number of aliphatic carboxylic acids is 1. The Labute approximate surface area is 106 Å². The van der Waals surface area contributed by atoms with E-state index in [1.807, 2.05) is 0 Å². The summed E-state index contributed by atoms with van der Waals surface area (Å²) in [6, 6.07) is -0.895. The molecule has 5 heteroatoms. The van der Waals surface area contributed by atoms with Crippen molar-refractivity contribution in [1.29, 1.82) is 0 Å². The van der Waals surface area contributed by atoms with Crippen molar-refractivity contribution in [1.82, 2.24) is 4.90 Å². The number of rotatable bonds is 4. The second-order valence-electron chi connectivity index (χ2n) is 4.04. The van der Waals surface area contributed by atoms with Gasteiger partial charge in [0.2, 0.25) is 5.91 Å². The highest BCUT2D eigenvalue weighted by molar-refractivity contribution is 7.80. The third-order valence-electron chi connectivity index (χ3n) is 2.66. The van der Waals surface area contributed by atoms with Crippen LogP contribution in [-0.4, -0.2) is 40.2 Å². The summed E-state index contributed by atoms with van der Waals surface area (Å²) in [6.07, 6.45) is 7.12. The molecule has 0 saturated heterocycles. The molecule has 1 aliphatic heterocycles. The lowest BCUT2D eigenvalue weighted by Gasteiger charge is -2.24. The van der Waals surface area contributed by atoms with Gasteiger partial charge in [0, 0.05) is 24.6 Å². The molecule has 0 fully saturated rings. The lowest BCUT2D eigenvalue weighted by atomic mass is 10.1. The maximum Gasteiger partial charge on any atom is 0.330 e. The Kier molecular flexibility index (Phi) is 4.64. The molecule has 1 rings (SSSR count). The van der Waals surface area contributed by atoms with Crippen LogP contribution in [0, 0.1) is 18.3 Å². The average molecular weight is 253 g/mol. The van der Waals surface area contributed by atoms with Crippen LogP contribution in [0.15, 0.2) is 11.6 Å². The van der Waals surface area contributed by atoms with Crippen LogP contribution in [0.2, 0.25) is 0 Å². The van der Waals surface area contributed by atoms with E-state index < -0.39 is 12.0 Å². The van der Waals surface area contributed by atoms with E-state index in [1.165, 1.54) is 4.90 Å². The number of hydrogen-bond donors (Lipinski definition) is 2. The van der Waals surface area contributed by atoms with Gasteiger partial charge in [-0.2, -0.15) is 12.6 Å². The van der Waals surface area contributed by atoms with Crippen molar-refractivity contribution < 1.29 is 14.7 Å². The Balaban J connectivity index is 2.85. The van der Waals surface area contributed by atoms with Gasteiger partial charge in [0.05, 0.1) is 0 Å². The van der Waals surface area contributed by atoms with Gasteiger partial charge in [-0.3, -0.25) is 4.79 Å². The number of carbonyl (C=O) groups excluding carboxylic acids is 1. The highest BCUT2D eigenvalue weighted by Gasteiger charge is 2.35. The number of thiol groups is 1. The van der Waals surface area contributed by atoms with E-state index in [9.17, 15) is 9.59 Å². The van der Waals surface area contributed by atoms with Crippen molar-refractivity contribution in [2.24, 2.45) is 5.92 Å². The molecular formula is C12H15NO3S. The van der Waals surface area contributed by atoms with Crippen molar-refractivity contribution in [3.63, 3.8) is 0 Å². The van der Waals surface area contributed by atoms with Crippen molar-refractivity contribution in [2.45, 2.75) is 19.4 Å². The molecule has 17 heavy (non-hydrogen) atoms. The second kappa shape index (κ2) is 5.78. The number of carboxylic acids is 1. The molecule has 0 bridgehead atoms. The monoisotopic (exact) mass is 253 g/mol. The summed E-state index contributed by atoms with van der Waals surface area (Å²) in [5.74, 6) is 1.33. The first-order valence-corrected chi connectivity index (χ1v) is 5.91. The summed E-state index contributed by atoms with van der Waals surface area (Å²) >= 11 is 4.05. The number of terminal acetylenes is 1. The molecule has 1 heterocycles. The first-order chi connectivity index (χ1) is 8.01. The van der Waals surface area contributed by atoms with Crippen molar-refractivity contribution in [3.05, 3.63) is 11.6 Å². The van der Waals surface area contributed by atoms with Gasteiger partial charge in [-0.1, -0.05) is 6.92 Å². The first-order valence-electron chi connectivity index (χ1n) is 5.28. The minimum Gasteiger partial charge on any atom is -0.479 e. The molecule has 92 valence electrons. The lowest BCUT2D eigenvalue weighted by molar-refractivity contribution is -0.148. The van der Waals surface area contributed by atoms with Gasteiger partial charge in [-0.15, -0.1) is 12.3 Å². The summed E-state index contributed by atoms with van der Waals surface area (Å²) in [4.78, 5) is 24.4. The van der Waals surface area contributed by atoms with Gasteiger partial charge >= 0.3 is 5.97 Å². The maximum absolute atomic E-state index is 12.0. The van der Waals surface area contributed by atoms with Gasteiger partial charge < -0.3 is 10.0 Å². The van der Waals surface area contributed by atoms with Gasteiger partial charge in [0.15, 0.2) is 0 Å². The predicted octanol–water partition coefficient (Wildman–Crippen LogP) is 0.797. The van der Waals surface area contributed by atoms with E-state index in [1.54, 1.807) is 13.0 Å². The van der Waals surface area contributed by atoms with Crippen LogP contribution in [0.1, 0.15) is 13.3 Å². The SMILES string of the molecule is C#CCC1=CC(C(=O)O)N(C(=O)C(C)CS)C1. The molecule has 0 aromatic carbocycles. The van der Waals surface area contributed by atoms with Crippen LogP contribution < -0.4 is 0 Å². The van der Waals surface area contributed by atoms with E-state index in [-0.39, 0.29) is 11.8 Å². The van der Waals surface area contributed by atoms with Crippen LogP contribution in [0.25, 0.3) is 0 Å². The fraction of sp³-hybridized carbons (Fsp3) is 0.500. The molecule has 4 nitrogen and oxygen atoms in total. The molecule has 2 atom stereocenters. The van der Waals surface area contributed by atoms with Gasteiger partial charge in [-0.25, -0.2) is 4.79 Å². The Hall–Kier alpha value is -1.41. The third-order valence-corrected chi connectivity index (χ3v) is 3.21. The quantitative estimate of drug-likeness (QED) is 0.442. The zero-order valence-electron chi connectivity index (χ0n) is 9.59. The average Bonchev–Trinajstić information content (AvgIpc) is 2.71. The van der Waals surface area contributed by atoms with E-state index in [0.29, 0.717) is 18.7 Å². The van der Waals surface area contributed by atoms with Crippen molar-refractivity contribution in [3.8, 4) is 12.3 Å². The summed E-state index contributed by atoms with van der Waals surface area (Å²) < 4.78 is 0. The summed E-state index contributed by atoms with van der Waals surface area (Å²) in [7, 11) is 0. The molecule has 2 unspecified atom stereocenters. The van der Waals surface area contributed by atoms with E-state index in [0.717, 1.165) is 5.57 Å². The molecule has 1 N–H and O–H groups in total. The smallest absolute Gasteiger partial charge is 0.330 e. The summed E-state index contributed by atoms with van der Waals surface area (Å²) in [5.41, 5.74) is 0.805. The number of hydrogen-bond acceptors (Lipinski definition) is 3. The molecule has 0 aliphatic carbocycles. The van der Waals surface area contributed by atoms with Crippen LogP contribution >= 0.6 is 12.6 Å². The van der Waals surface area contributed by atoms with E-state index >= 15 is 0 Å². The van der Waals surface area contributed by atoms with E-state index in [4.69, 9.17) is 11.5 Å². The van der Waals surface area contributed by atoms with Gasteiger partial charge in [0.1, 0.15) is 6.04 Å². The van der Waals surface area contributed by atoms with Crippen LogP contribution in [0.3, 0.4) is 0 Å². The molecular weight excluding hydrogens is 238 g/mol. The zero-order valence-corrected chi connectivity index (χ0v) is 10.5. The Bertz CT molecular complexity index is 397. The maximum atomic E-state index is 12.0. The third kappa shape index (κ3) is 3.04. The number of carbonyl (C=O) groups is 2. The minimum atomic E-state index is -1.03. The minimum absolute atomic E-state index is 0.198. The molecule has 0 radical (unpaired) electrons. The highest BCUT2D eigenvalue weighted by Crippen LogP contribution is 2.21. The standard InChI is InChI=1S/C12H15NO3S/c1-3-4-9-5-10(12(15)16)13(6-9)11(14)8(2)7-17/h1,5,8,10,17H,4,6-7H2,2H3,(H,15,16). The highest BCUT2D eigenvalue weighted by atomic mass is 32.1. The topological polar surface area (TPSA) is 57.6 Å². The number of amides is 1. The van der Waals surface area contributed by atoms with Gasteiger partial charge in [-0.05, 0) is 11.6 Å². The predicted molar refractivity (Wildman–Crippen MR) is 67.7 cm³/mol. The molecule has 0 saturated carbocycles. The molecule has 0 aromatic heterocycles. The van der Waals surface area contributed by atoms with Crippen LogP contribution in [-0.2, 0) is 9.59 Å². The van der Waals surface area contributed by atoms with E-state index in [2.05, 4.69) is 18.5 Å². The lowest BCUT2D eigenvalue weighted by Crippen LogP contribution is -2.43. The molecule has 1 amide bonds. The van der Waals surface area contributed by atoms with Gasteiger partial charge in [0.25, 0.3) is 0 Å². The summed E-state index contributed by atoms with van der Waals surface area (Å²) in [5, 5.41) is 9.06. The summed E-state index contributed by atoms with van der Waals surface area (Å²) in [6.45, 7) is 2.03. The van der Waals surface area contributed by atoms with Crippen molar-refractivity contribution in [2.75, 3.05) is 12.3 Å². The van der Waals surface area contributed by atoms with Crippen molar-refractivity contribution >= 4 is 24.5 Å². The van der Waals surface area contributed by atoms with Crippen LogP contribution in [0.5, 0.6) is 0 Å².